The molecule has 17 heavy (non-hydrogen) atoms. The van der Waals surface area contributed by atoms with Gasteiger partial charge in [-0.3, -0.25) is 0 Å². The van der Waals surface area contributed by atoms with Crippen molar-refractivity contribution < 1.29 is 0 Å². The van der Waals surface area contributed by atoms with Crippen LogP contribution in [-0.2, 0) is 0 Å². The van der Waals surface area contributed by atoms with Gasteiger partial charge in [0.05, 0.1) is 0 Å². The maximum atomic E-state index is 6.56. The highest BCUT2D eigenvalue weighted by Crippen LogP contribution is 2.37. The number of thioether (sulfide) groups is 2. The third-order valence-electron chi connectivity index (χ3n) is 3.85. The summed E-state index contributed by atoms with van der Waals surface area (Å²) in [6.45, 7) is 2.31. The van der Waals surface area contributed by atoms with Crippen molar-refractivity contribution >= 4 is 23.5 Å². The Kier molecular flexibility index (Phi) is 5.78. The SMILES string of the molecule is CCC1SCCSC1C(N)C1=CCCCCC1. The first-order chi connectivity index (χ1) is 8.33. The maximum Gasteiger partial charge on any atom is 0.0385 e. The van der Waals surface area contributed by atoms with Gasteiger partial charge in [0.25, 0.3) is 0 Å². The molecule has 1 aliphatic heterocycles. The summed E-state index contributed by atoms with van der Waals surface area (Å²) >= 11 is 4.26. The second kappa shape index (κ2) is 7.10. The van der Waals surface area contributed by atoms with Crippen LogP contribution in [0.3, 0.4) is 0 Å². The van der Waals surface area contributed by atoms with Crippen LogP contribution in [0.4, 0.5) is 0 Å². The van der Waals surface area contributed by atoms with Crippen molar-refractivity contribution in [3.63, 3.8) is 0 Å². The van der Waals surface area contributed by atoms with E-state index in [0.717, 1.165) is 5.25 Å². The van der Waals surface area contributed by atoms with Crippen molar-refractivity contribution in [2.24, 2.45) is 5.73 Å². The molecule has 1 heterocycles. The van der Waals surface area contributed by atoms with Crippen LogP contribution in [0.25, 0.3) is 0 Å². The zero-order valence-corrected chi connectivity index (χ0v) is 12.5. The normalized spacial score (nSPS) is 32.7. The Morgan fingerprint density at radius 1 is 1.29 bits per heavy atom. The smallest absolute Gasteiger partial charge is 0.0385 e. The van der Waals surface area contributed by atoms with Gasteiger partial charge in [-0.05, 0) is 32.1 Å². The number of allylic oxidation sites excluding steroid dienone is 1. The molecular formula is C14H25NS2. The van der Waals surface area contributed by atoms with E-state index in [1.165, 1.54) is 50.0 Å². The van der Waals surface area contributed by atoms with Gasteiger partial charge < -0.3 is 5.73 Å². The van der Waals surface area contributed by atoms with Crippen molar-refractivity contribution in [1.82, 2.24) is 0 Å². The molecule has 3 atom stereocenters. The fourth-order valence-corrected chi connectivity index (χ4v) is 6.02. The summed E-state index contributed by atoms with van der Waals surface area (Å²) in [7, 11) is 0. The molecule has 0 radical (unpaired) electrons. The fraction of sp³-hybridized carbons (Fsp3) is 0.857. The molecular weight excluding hydrogens is 246 g/mol. The number of rotatable bonds is 3. The molecule has 0 aromatic heterocycles. The van der Waals surface area contributed by atoms with Gasteiger partial charge in [0, 0.05) is 28.0 Å². The van der Waals surface area contributed by atoms with Crippen LogP contribution in [0.2, 0.25) is 0 Å². The van der Waals surface area contributed by atoms with Crippen molar-refractivity contribution in [1.29, 1.82) is 0 Å². The van der Waals surface area contributed by atoms with Gasteiger partial charge >= 0.3 is 0 Å². The first-order valence-corrected chi connectivity index (χ1v) is 9.10. The minimum absolute atomic E-state index is 0.316. The monoisotopic (exact) mass is 271 g/mol. The van der Waals surface area contributed by atoms with E-state index < -0.39 is 0 Å². The van der Waals surface area contributed by atoms with Gasteiger partial charge in [-0.2, -0.15) is 23.5 Å². The lowest BCUT2D eigenvalue weighted by molar-refractivity contribution is 0.626. The van der Waals surface area contributed by atoms with Crippen LogP contribution >= 0.6 is 23.5 Å². The molecule has 1 fully saturated rings. The van der Waals surface area contributed by atoms with Crippen molar-refractivity contribution in [2.75, 3.05) is 11.5 Å². The van der Waals surface area contributed by atoms with Crippen molar-refractivity contribution in [2.45, 2.75) is 62.0 Å². The third kappa shape index (κ3) is 3.68. The lowest BCUT2D eigenvalue weighted by atomic mass is 9.97. The number of nitrogens with two attached hydrogens (primary N) is 1. The van der Waals surface area contributed by atoms with E-state index in [-0.39, 0.29) is 0 Å². The highest BCUT2D eigenvalue weighted by atomic mass is 32.2. The zero-order chi connectivity index (χ0) is 12.1. The molecule has 3 unspecified atom stereocenters. The van der Waals surface area contributed by atoms with E-state index in [4.69, 9.17) is 5.73 Å². The maximum absolute atomic E-state index is 6.56. The standard InChI is InChI=1S/C14H25NS2/c1-2-12-14(17-10-9-16-12)13(15)11-7-5-3-4-6-8-11/h7,12-14H,2-6,8-10,15H2,1H3. The van der Waals surface area contributed by atoms with E-state index in [0.29, 0.717) is 11.3 Å². The Morgan fingerprint density at radius 2 is 2.12 bits per heavy atom. The predicted octanol–water partition coefficient (Wildman–Crippen LogP) is 3.83. The summed E-state index contributed by atoms with van der Waals surface area (Å²) < 4.78 is 0. The summed E-state index contributed by atoms with van der Waals surface area (Å²) in [4.78, 5) is 0. The minimum atomic E-state index is 0.316. The molecule has 0 aromatic carbocycles. The number of hydrogen-bond donors (Lipinski definition) is 1. The van der Waals surface area contributed by atoms with E-state index in [9.17, 15) is 0 Å². The Bertz CT molecular complexity index is 265. The van der Waals surface area contributed by atoms with Crippen LogP contribution in [0.1, 0.15) is 45.4 Å². The summed E-state index contributed by atoms with van der Waals surface area (Å²) in [6.07, 6.45) is 10.3. The van der Waals surface area contributed by atoms with E-state index in [2.05, 4.69) is 36.5 Å². The van der Waals surface area contributed by atoms with E-state index in [1.54, 1.807) is 5.57 Å². The molecule has 0 amide bonds. The van der Waals surface area contributed by atoms with Gasteiger partial charge in [0.15, 0.2) is 0 Å². The van der Waals surface area contributed by atoms with Gasteiger partial charge in [0.2, 0.25) is 0 Å². The highest BCUT2D eigenvalue weighted by molar-refractivity contribution is 8.07. The molecule has 1 nitrogen and oxygen atoms in total. The summed E-state index contributed by atoms with van der Waals surface area (Å²) in [5.74, 6) is 2.60. The van der Waals surface area contributed by atoms with Crippen LogP contribution in [-0.4, -0.2) is 28.0 Å². The molecule has 3 heteroatoms. The first-order valence-electron chi connectivity index (χ1n) is 7.00. The molecule has 0 spiro atoms. The summed E-state index contributed by atoms with van der Waals surface area (Å²) in [5.41, 5.74) is 8.11. The fourth-order valence-electron chi connectivity index (χ4n) is 2.82. The minimum Gasteiger partial charge on any atom is -0.323 e. The first kappa shape index (κ1) is 13.8. The van der Waals surface area contributed by atoms with Gasteiger partial charge in [0.1, 0.15) is 0 Å². The average molecular weight is 271 g/mol. The van der Waals surface area contributed by atoms with Crippen molar-refractivity contribution in [3.8, 4) is 0 Å². The van der Waals surface area contributed by atoms with Gasteiger partial charge in [-0.25, -0.2) is 0 Å². The van der Waals surface area contributed by atoms with Crippen LogP contribution < -0.4 is 5.73 Å². The Labute approximate surface area is 114 Å². The van der Waals surface area contributed by atoms with Crippen molar-refractivity contribution in [3.05, 3.63) is 11.6 Å². The van der Waals surface area contributed by atoms with Gasteiger partial charge in [-0.15, -0.1) is 0 Å². The molecule has 1 aliphatic carbocycles. The van der Waals surface area contributed by atoms with E-state index >= 15 is 0 Å². The quantitative estimate of drug-likeness (QED) is 0.790. The topological polar surface area (TPSA) is 26.0 Å². The second-order valence-electron chi connectivity index (χ2n) is 5.06. The predicted molar refractivity (Wildman–Crippen MR) is 81.9 cm³/mol. The largest absolute Gasteiger partial charge is 0.323 e. The lowest BCUT2D eigenvalue weighted by Crippen LogP contribution is -2.42. The Balaban J connectivity index is 2.00. The van der Waals surface area contributed by atoms with E-state index in [1.807, 2.05) is 0 Å². The molecule has 1 saturated heterocycles. The lowest BCUT2D eigenvalue weighted by Gasteiger charge is -2.35. The Morgan fingerprint density at radius 3 is 2.94 bits per heavy atom. The molecule has 98 valence electrons. The number of hydrogen-bond acceptors (Lipinski definition) is 3. The highest BCUT2D eigenvalue weighted by Gasteiger charge is 2.31. The Hall–Kier alpha value is 0.400. The van der Waals surface area contributed by atoms with Crippen LogP contribution in [0.15, 0.2) is 11.6 Å². The molecule has 2 aliphatic rings. The molecule has 0 bridgehead atoms. The zero-order valence-electron chi connectivity index (χ0n) is 10.9. The third-order valence-corrected chi connectivity index (χ3v) is 7.22. The molecule has 2 rings (SSSR count). The van der Waals surface area contributed by atoms with Crippen LogP contribution in [0, 0.1) is 0 Å². The molecule has 0 aromatic rings. The molecule has 2 N–H and O–H groups in total. The average Bonchev–Trinajstić information content (AvgIpc) is 2.66. The van der Waals surface area contributed by atoms with Gasteiger partial charge in [-0.1, -0.05) is 25.0 Å². The van der Waals surface area contributed by atoms with Crippen LogP contribution in [0.5, 0.6) is 0 Å². The molecule has 0 saturated carbocycles. The second-order valence-corrected chi connectivity index (χ2v) is 7.69. The summed E-state index contributed by atoms with van der Waals surface area (Å²) in [6, 6.07) is 0.316. The summed E-state index contributed by atoms with van der Waals surface area (Å²) in [5, 5.41) is 1.43.